The molecule has 0 radical (unpaired) electrons. The number of amides is 1. The van der Waals surface area contributed by atoms with E-state index in [4.69, 9.17) is 57.8 Å². The number of aliphatic hydroxyl groups excluding tert-OH is 2. The van der Waals surface area contributed by atoms with Crippen LogP contribution < -0.4 is 11.1 Å². The van der Waals surface area contributed by atoms with Gasteiger partial charge in [-0.3, -0.25) is 19.3 Å². The summed E-state index contributed by atoms with van der Waals surface area (Å²) in [6, 6.07) is -1.51. The van der Waals surface area contributed by atoms with E-state index in [0.29, 0.717) is 110 Å². The third-order valence-electron chi connectivity index (χ3n) is 16.6. The minimum Gasteiger partial charge on any atom is -0.459 e. The molecule has 1 saturated carbocycles. The molecule has 2 bridgehead atoms. The van der Waals surface area contributed by atoms with Gasteiger partial charge in [0.25, 0.3) is 0 Å². The number of piperidine rings is 1. The summed E-state index contributed by atoms with van der Waals surface area (Å²) in [5.74, 6) is -5.05. The molecule has 0 aromatic heterocycles. The second-order valence-electron chi connectivity index (χ2n) is 23.0. The number of fused-ring (bicyclic) bond motifs is 3. The van der Waals surface area contributed by atoms with Crippen LogP contribution in [0.2, 0.25) is 0 Å². The monoisotopic (exact) mass is 1170 g/mol. The van der Waals surface area contributed by atoms with Gasteiger partial charge in [0, 0.05) is 78.2 Å². The maximum atomic E-state index is 14.5. The molecule has 4 rings (SSSR count). The Hall–Kier alpha value is -3.52. The van der Waals surface area contributed by atoms with E-state index in [1.54, 1.807) is 48.2 Å². The molecule has 4 aliphatic rings. The lowest BCUT2D eigenvalue weighted by molar-refractivity contribution is -0.268. The molecule has 0 unspecified atom stereocenters. The fraction of sp³-hybridized carbons (Fsp3) is 0.803. The summed E-state index contributed by atoms with van der Waals surface area (Å²) in [4.78, 5) is 56.9. The Morgan fingerprint density at radius 2 is 1.51 bits per heavy atom. The van der Waals surface area contributed by atoms with Crippen LogP contribution in [0.3, 0.4) is 0 Å². The first kappa shape index (κ1) is 71.0. The first-order chi connectivity index (χ1) is 39.3. The average molecular weight is 1170 g/mol. The second kappa shape index (κ2) is 37.8. The number of esters is 1. The van der Waals surface area contributed by atoms with Gasteiger partial charge in [0.05, 0.1) is 70.7 Å². The third-order valence-corrected chi connectivity index (χ3v) is 16.6. The summed E-state index contributed by atoms with van der Waals surface area (Å²) in [7, 11) is 6.19. The highest BCUT2D eigenvalue weighted by Gasteiger charge is 2.48. The van der Waals surface area contributed by atoms with Crippen LogP contribution in [0, 0.1) is 29.6 Å². The van der Waals surface area contributed by atoms with Crippen LogP contribution in [0.1, 0.15) is 119 Å². The predicted molar refractivity (Wildman–Crippen MR) is 307 cm³/mol. The van der Waals surface area contributed by atoms with Crippen LogP contribution in [0.4, 0.5) is 4.79 Å². The van der Waals surface area contributed by atoms with Crippen molar-refractivity contribution in [1.29, 1.82) is 0 Å². The number of allylic oxidation sites excluding steroid dienone is 5. The first-order valence-electron chi connectivity index (χ1n) is 29.8. The number of nitrogens with zero attached hydrogens (tertiary/aromatic N) is 1. The molecule has 6 N–H and O–H groups in total. The molecular weight excluding hydrogens is 1060 g/mol. The summed E-state index contributed by atoms with van der Waals surface area (Å²) in [6.07, 6.45) is 10.5. The molecule has 0 spiro atoms. The van der Waals surface area contributed by atoms with Gasteiger partial charge in [0.15, 0.2) is 5.78 Å². The van der Waals surface area contributed by atoms with Gasteiger partial charge in [-0.2, -0.15) is 0 Å². The van der Waals surface area contributed by atoms with Gasteiger partial charge in [0.1, 0.15) is 43.8 Å². The van der Waals surface area contributed by atoms with Crippen molar-refractivity contribution < 1.29 is 86.6 Å². The Kier molecular flexibility index (Phi) is 32.7. The molecule has 16 atom stereocenters. The van der Waals surface area contributed by atoms with Crippen molar-refractivity contribution in [3.05, 3.63) is 47.6 Å². The largest absolute Gasteiger partial charge is 0.459 e. The maximum absolute atomic E-state index is 14.5. The van der Waals surface area contributed by atoms with Crippen LogP contribution in [0.25, 0.3) is 0 Å². The Morgan fingerprint density at radius 3 is 2.20 bits per heavy atom. The van der Waals surface area contributed by atoms with Gasteiger partial charge in [0.2, 0.25) is 11.6 Å². The maximum Gasteiger partial charge on any atom is 0.407 e. The first-order valence-corrected chi connectivity index (χ1v) is 29.8. The van der Waals surface area contributed by atoms with E-state index in [9.17, 15) is 34.5 Å². The summed E-state index contributed by atoms with van der Waals surface area (Å²) in [5.41, 5.74) is 8.42. The number of carbonyl (C=O) groups excluding carboxylic acids is 4. The summed E-state index contributed by atoms with van der Waals surface area (Å²) in [6.45, 7) is 14.2. The molecule has 2 saturated heterocycles. The highest BCUT2D eigenvalue weighted by Crippen LogP contribution is 2.37. The Labute approximate surface area is 488 Å². The Bertz CT molecular complexity index is 2020. The highest BCUT2D eigenvalue weighted by atomic mass is 16.6. The normalized spacial score (nSPS) is 35.8. The lowest BCUT2D eigenvalue weighted by atomic mass is 9.80. The van der Waals surface area contributed by atoms with E-state index in [-0.39, 0.29) is 50.0 Å². The molecule has 0 aromatic rings. The molecule has 3 aliphatic heterocycles. The van der Waals surface area contributed by atoms with Crippen molar-refractivity contribution in [2.45, 2.75) is 185 Å². The van der Waals surface area contributed by atoms with E-state index < -0.39 is 103 Å². The lowest BCUT2D eigenvalue weighted by Gasteiger charge is -2.41. The quantitative estimate of drug-likeness (QED) is 0.0603. The predicted octanol–water partition coefficient (Wildman–Crippen LogP) is 5.54. The number of cyclic esters (lactones) is 1. The number of alkyl carbamates (subject to hydrolysis) is 1. The minimum atomic E-state index is -2.09. The van der Waals surface area contributed by atoms with E-state index >= 15 is 0 Å². The third kappa shape index (κ3) is 23.4. The molecule has 3 heterocycles. The SMILES string of the molecule is COCCOCCOCCOCCNC(=O)O[C@@H]1CC[C@@H](C[C@@H](N)[C@@H]2C[C@@H](O)[C@H](C)/C=C(\C)[C@@H](O)[C@@H](OC)C(=O)[C@H](C)C[C@H](C)/C=C/C=C/C=C(\C)[C@@H](OC)C[C@@H]3CC[C@@H](C)[C@@](O)(O3)C(=O)COCN3CCCC[C@H]3C(=O)O2)C[C@H]1OC. The lowest BCUT2D eigenvalue weighted by Crippen LogP contribution is -2.55. The van der Waals surface area contributed by atoms with Gasteiger partial charge in [-0.1, -0.05) is 70.6 Å². The number of ether oxygens (including phenoxy) is 11. The zero-order valence-corrected chi connectivity index (χ0v) is 50.9. The Morgan fingerprint density at radius 1 is 0.805 bits per heavy atom. The van der Waals surface area contributed by atoms with Crippen LogP contribution in [-0.2, 0) is 66.5 Å². The van der Waals surface area contributed by atoms with E-state index in [1.807, 2.05) is 56.1 Å². The molecule has 3 fully saturated rings. The molecule has 21 nitrogen and oxygen atoms in total. The van der Waals surface area contributed by atoms with E-state index in [1.165, 1.54) is 7.11 Å². The number of nitrogens with one attached hydrogen (secondary N) is 1. The number of hydrogen-bond acceptors (Lipinski definition) is 20. The van der Waals surface area contributed by atoms with Crippen LogP contribution in [-0.4, -0.2) is 212 Å². The fourth-order valence-electron chi connectivity index (χ4n) is 11.4. The van der Waals surface area contributed by atoms with Crippen molar-refractivity contribution in [3.8, 4) is 0 Å². The number of ketones is 2. The number of nitrogens with two attached hydrogens (primary N) is 1. The fourth-order valence-corrected chi connectivity index (χ4v) is 11.4. The standard InChI is InChI=1S/C61H103N3O18/c1-40-16-12-11-13-17-41(2)52(73-8)36-47-21-19-45(6)61(71,82-47)55(66)38-79-39-64-24-15-14-18-49(64)59(69)80-53(37-50(65)42(3)33-44(5)57(68)58(75-10)56(67)43(4)32-40)48(62)34-46-20-22-51(54(35-46)74-9)81-60(70)63-23-25-76-28-29-78-31-30-77-27-26-72-7/h11-13,16-17,33,40,42-43,45-54,57-58,65,68,71H,14-15,18-32,34-39,62H2,1-10H3,(H,63,70)/b13-11+,16-12+,41-17+,44-33+/t40-,42-,43-,45-,46+,47+,48-,49+,50-,51-,52+,53+,54-,57-,58+,61-/m1/s1. The number of Topliss-reactive ketones (excluding diaryl/α,β-unsaturated/α-hetero) is 2. The topological polar surface area (TPSA) is 272 Å². The van der Waals surface area contributed by atoms with Gasteiger partial charge in [-0.25, -0.2) is 4.79 Å². The van der Waals surface area contributed by atoms with Gasteiger partial charge in [-0.05, 0) is 94.6 Å². The highest BCUT2D eigenvalue weighted by molar-refractivity contribution is 5.87. The number of rotatable bonds is 19. The van der Waals surface area contributed by atoms with Gasteiger partial charge >= 0.3 is 12.1 Å². The molecule has 470 valence electrons. The molecule has 1 aliphatic carbocycles. The summed E-state index contributed by atoms with van der Waals surface area (Å²) in [5, 5.41) is 38.1. The molecule has 0 aromatic carbocycles. The van der Waals surface area contributed by atoms with Gasteiger partial charge in [-0.15, -0.1) is 0 Å². The molecule has 82 heavy (non-hydrogen) atoms. The van der Waals surface area contributed by atoms with Crippen molar-refractivity contribution in [1.82, 2.24) is 10.2 Å². The second-order valence-corrected chi connectivity index (χ2v) is 23.0. The number of methoxy groups -OCH3 is 4. The smallest absolute Gasteiger partial charge is 0.407 e. The van der Waals surface area contributed by atoms with Crippen molar-refractivity contribution in [2.75, 3.05) is 101 Å². The van der Waals surface area contributed by atoms with Crippen LogP contribution >= 0.6 is 0 Å². The molecular formula is C61H103N3O18. The van der Waals surface area contributed by atoms with E-state index in [2.05, 4.69) is 5.32 Å². The van der Waals surface area contributed by atoms with Crippen molar-refractivity contribution in [2.24, 2.45) is 35.3 Å². The summed E-state index contributed by atoms with van der Waals surface area (Å²) >= 11 is 0. The Balaban J connectivity index is 1.50. The van der Waals surface area contributed by atoms with Crippen molar-refractivity contribution in [3.63, 3.8) is 0 Å². The van der Waals surface area contributed by atoms with Crippen LogP contribution in [0.15, 0.2) is 47.6 Å². The number of hydrogen-bond donors (Lipinski definition) is 5. The molecule has 1 amide bonds. The van der Waals surface area contributed by atoms with Crippen LogP contribution in [0.5, 0.6) is 0 Å². The average Bonchev–Trinajstić information content (AvgIpc) is 3.51. The van der Waals surface area contributed by atoms with Crippen molar-refractivity contribution >= 4 is 23.6 Å². The minimum absolute atomic E-state index is 0.0139. The zero-order valence-electron chi connectivity index (χ0n) is 50.9. The van der Waals surface area contributed by atoms with E-state index in [0.717, 1.165) is 18.4 Å². The zero-order chi connectivity index (χ0) is 60.2. The summed E-state index contributed by atoms with van der Waals surface area (Å²) < 4.78 is 63.1. The number of aliphatic hydroxyl groups is 3. The van der Waals surface area contributed by atoms with Gasteiger partial charge < -0.3 is 78.5 Å². The molecule has 21 heteroatoms. The number of carbonyl (C=O) groups is 4.